The average Bonchev–Trinajstić information content (AvgIpc) is 3.39. The molecular formula is C37H45N3O9. The maximum Gasteiger partial charge on any atom is 0.302 e. The Morgan fingerprint density at radius 2 is 1.31 bits per heavy atom. The summed E-state index contributed by atoms with van der Waals surface area (Å²) in [5.41, 5.74) is 12.3. The van der Waals surface area contributed by atoms with Gasteiger partial charge in [-0.1, -0.05) is 96.1 Å². The molecular weight excluding hydrogens is 630 g/mol. The minimum absolute atomic E-state index is 0.0738. The van der Waals surface area contributed by atoms with Crippen LogP contribution in [0, 0.1) is 0 Å². The largest absolute Gasteiger partial charge is 0.463 e. The molecule has 49 heavy (non-hydrogen) atoms. The van der Waals surface area contributed by atoms with Crippen LogP contribution >= 0.6 is 0 Å². The Bertz CT molecular complexity index is 1490. The summed E-state index contributed by atoms with van der Waals surface area (Å²) >= 11 is 0. The SMILES string of the molecule is CC(=O)OCC1O[C@H](OC[C@H](N=[N+]=[N-])[C@@H]2OC(C)(C)O[C@@H]2C)C(OCc2ccccc2)C(OCc2ccccc2)[C@H]1OCc1ccccc1. The van der Waals surface area contributed by atoms with Crippen LogP contribution in [0.2, 0.25) is 0 Å². The fourth-order valence-electron chi connectivity index (χ4n) is 6.02. The molecule has 0 amide bonds. The van der Waals surface area contributed by atoms with E-state index in [0.29, 0.717) is 0 Å². The lowest BCUT2D eigenvalue weighted by molar-refractivity contribution is -0.328. The summed E-state index contributed by atoms with van der Waals surface area (Å²) in [6, 6.07) is 28.5. The second kappa shape index (κ2) is 17.7. The lowest BCUT2D eigenvalue weighted by Crippen LogP contribution is -2.62. The fraction of sp³-hybridized carbons (Fsp3) is 0.486. The first-order valence-corrected chi connectivity index (χ1v) is 16.5. The normalized spacial score (nSPS) is 26.8. The maximum absolute atomic E-state index is 12.0. The Labute approximate surface area is 287 Å². The van der Waals surface area contributed by atoms with Gasteiger partial charge in [-0.15, -0.1) is 0 Å². The number of carbonyl (C=O) groups is 1. The molecule has 2 fully saturated rings. The summed E-state index contributed by atoms with van der Waals surface area (Å²) in [5.74, 6) is -1.32. The Kier molecular flexibility index (Phi) is 13.2. The van der Waals surface area contributed by atoms with E-state index in [1.807, 2.05) is 97.9 Å². The van der Waals surface area contributed by atoms with Crippen molar-refractivity contribution >= 4 is 5.97 Å². The standard InChI is InChI=1S/C37H45N3O9/c1-25-32(49-37(3,4)48-25)30(39-40-38)23-46-36-35(45-22-29-18-12-7-13-19-29)34(44-21-28-16-10-6-11-17-28)33(31(47-36)24-42-26(2)41)43-20-27-14-8-5-9-15-27/h5-19,25,30-36H,20-24H2,1-4H3/t25-,30+,31?,32-,33+,34?,35?,36+/m1/s1. The van der Waals surface area contributed by atoms with Gasteiger partial charge in [-0.25, -0.2) is 0 Å². The number of azide groups is 1. The molecule has 0 radical (unpaired) electrons. The molecule has 2 heterocycles. The van der Waals surface area contributed by atoms with Crippen molar-refractivity contribution in [2.45, 2.75) is 102 Å². The molecule has 0 spiro atoms. The van der Waals surface area contributed by atoms with Gasteiger partial charge in [0.2, 0.25) is 0 Å². The van der Waals surface area contributed by atoms with Gasteiger partial charge in [-0.05, 0) is 43.0 Å². The Morgan fingerprint density at radius 1 is 0.796 bits per heavy atom. The molecule has 3 aromatic rings. The van der Waals surface area contributed by atoms with Gasteiger partial charge in [0, 0.05) is 11.8 Å². The van der Waals surface area contributed by atoms with Crippen molar-refractivity contribution in [1.82, 2.24) is 0 Å². The average molecular weight is 676 g/mol. The molecule has 12 heteroatoms. The van der Waals surface area contributed by atoms with E-state index in [4.69, 9.17) is 37.9 Å². The number of ether oxygens (including phenoxy) is 8. The van der Waals surface area contributed by atoms with Crippen molar-refractivity contribution in [2.75, 3.05) is 13.2 Å². The summed E-state index contributed by atoms with van der Waals surface area (Å²) < 4.78 is 50.3. The highest BCUT2D eigenvalue weighted by atomic mass is 16.8. The first kappa shape index (κ1) is 36.4. The summed E-state index contributed by atoms with van der Waals surface area (Å²) in [7, 11) is 0. The third kappa shape index (κ3) is 10.6. The maximum atomic E-state index is 12.0. The van der Waals surface area contributed by atoms with Crippen LogP contribution in [0.4, 0.5) is 0 Å². The third-order valence-corrected chi connectivity index (χ3v) is 8.26. The fourth-order valence-corrected chi connectivity index (χ4v) is 6.02. The molecule has 0 aliphatic carbocycles. The predicted octanol–water partition coefficient (Wildman–Crippen LogP) is 6.27. The Morgan fingerprint density at radius 3 is 1.78 bits per heavy atom. The highest BCUT2D eigenvalue weighted by Crippen LogP contribution is 2.34. The van der Waals surface area contributed by atoms with Crippen molar-refractivity contribution in [3.63, 3.8) is 0 Å². The molecule has 0 aromatic heterocycles. The van der Waals surface area contributed by atoms with Gasteiger partial charge in [-0.3, -0.25) is 4.79 Å². The smallest absolute Gasteiger partial charge is 0.302 e. The molecule has 3 aromatic carbocycles. The van der Waals surface area contributed by atoms with Crippen LogP contribution in [0.25, 0.3) is 10.4 Å². The van der Waals surface area contributed by atoms with Crippen LogP contribution in [-0.2, 0) is 62.5 Å². The van der Waals surface area contributed by atoms with Crippen LogP contribution in [-0.4, -0.2) is 73.9 Å². The molecule has 8 atom stereocenters. The van der Waals surface area contributed by atoms with Gasteiger partial charge in [0.05, 0.1) is 44.7 Å². The highest BCUT2D eigenvalue weighted by molar-refractivity contribution is 5.65. The number of benzene rings is 3. The predicted molar refractivity (Wildman–Crippen MR) is 179 cm³/mol. The van der Waals surface area contributed by atoms with Gasteiger partial charge in [0.15, 0.2) is 12.1 Å². The number of rotatable bonds is 16. The molecule has 2 saturated heterocycles. The zero-order valence-electron chi connectivity index (χ0n) is 28.3. The minimum atomic E-state index is -1.04. The number of hydrogen-bond donors (Lipinski definition) is 0. The van der Waals surface area contributed by atoms with Crippen LogP contribution in [0.1, 0.15) is 44.4 Å². The van der Waals surface area contributed by atoms with Crippen LogP contribution < -0.4 is 0 Å². The second-order valence-electron chi connectivity index (χ2n) is 12.5. The molecule has 0 bridgehead atoms. The summed E-state index contributed by atoms with van der Waals surface area (Å²) in [6.45, 7) is 7.34. The van der Waals surface area contributed by atoms with Crippen LogP contribution in [0.5, 0.6) is 0 Å². The van der Waals surface area contributed by atoms with Gasteiger partial charge in [0.25, 0.3) is 0 Å². The van der Waals surface area contributed by atoms with E-state index < -0.39 is 54.6 Å². The van der Waals surface area contributed by atoms with Crippen LogP contribution in [0.15, 0.2) is 96.1 Å². The van der Waals surface area contributed by atoms with E-state index in [-0.39, 0.29) is 39.1 Å². The van der Waals surface area contributed by atoms with E-state index >= 15 is 0 Å². The molecule has 262 valence electrons. The lowest BCUT2D eigenvalue weighted by atomic mass is 9.97. The third-order valence-electron chi connectivity index (χ3n) is 8.26. The minimum Gasteiger partial charge on any atom is -0.463 e. The van der Waals surface area contributed by atoms with Gasteiger partial charge >= 0.3 is 5.97 Å². The summed E-state index contributed by atoms with van der Waals surface area (Å²) in [4.78, 5) is 15.1. The van der Waals surface area contributed by atoms with Gasteiger partial charge in [-0.2, -0.15) is 0 Å². The summed E-state index contributed by atoms with van der Waals surface area (Å²) in [6.07, 6.45) is -5.05. The van der Waals surface area contributed by atoms with Crippen LogP contribution in [0.3, 0.4) is 0 Å². The van der Waals surface area contributed by atoms with E-state index in [0.717, 1.165) is 16.7 Å². The molecule has 12 nitrogen and oxygen atoms in total. The lowest BCUT2D eigenvalue weighted by Gasteiger charge is -2.46. The van der Waals surface area contributed by atoms with Crippen molar-refractivity contribution in [1.29, 1.82) is 0 Å². The van der Waals surface area contributed by atoms with Crippen molar-refractivity contribution in [2.24, 2.45) is 5.11 Å². The Hall–Kier alpha value is -3.84. The zero-order valence-corrected chi connectivity index (χ0v) is 28.3. The number of hydrogen-bond acceptors (Lipinski definition) is 10. The highest BCUT2D eigenvalue weighted by Gasteiger charge is 2.50. The molecule has 2 aliphatic heterocycles. The van der Waals surface area contributed by atoms with Crippen molar-refractivity contribution < 1.29 is 42.7 Å². The van der Waals surface area contributed by atoms with Crippen molar-refractivity contribution in [3.05, 3.63) is 118 Å². The van der Waals surface area contributed by atoms with Crippen molar-refractivity contribution in [3.8, 4) is 0 Å². The summed E-state index contributed by atoms with van der Waals surface area (Å²) in [5, 5.41) is 4.01. The van der Waals surface area contributed by atoms with E-state index in [1.165, 1.54) is 6.92 Å². The number of carbonyl (C=O) groups excluding carboxylic acids is 1. The number of esters is 1. The van der Waals surface area contributed by atoms with Gasteiger partial charge in [0.1, 0.15) is 31.0 Å². The number of nitrogens with zero attached hydrogens (tertiary/aromatic N) is 3. The molecule has 0 N–H and O–H groups in total. The second-order valence-corrected chi connectivity index (χ2v) is 12.5. The zero-order chi connectivity index (χ0) is 34.6. The van der Waals surface area contributed by atoms with E-state index in [2.05, 4.69) is 10.0 Å². The quantitative estimate of drug-likeness (QED) is 0.0744. The molecule has 0 saturated carbocycles. The van der Waals surface area contributed by atoms with Gasteiger partial charge < -0.3 is 37.9 Å². The first-order valence-electron chi connectivity index (χ1n) is 16.5. The molecule has 3 unspecified atom stereocenters. The first-order chi connectivity index (χ1) is 23.7. The van der Waals surface area contributed by atoms with E-state index in [9.17, 15) is 10.3 Å². The molecule has 5 rings (SSSR count). The monoisotopic (exact) mass is 675 g/mol. The molecule has 2 aliphatic rings. The Balaban J connectivity index is 1.46. The van der Waals surface area contributed by atoms with E-state index in [1.54, 1.807) is 13.8 Å². The topological polar surface area (TPSA) is 140 Å².